The van der Waals surface area contributed by atoms with Crippen molar-refractivity contribution in [2.45, 2.75) is 13.3 Å². The molecule has 5 heteroatoms. The summed E-state index contributed by atoms with van der Waals surface area (Å²) in [5.74, 6) is -0.987. The van der Waals surface area contributed by atoms with Crippen LogP contribution in [0.1, 0.15) is 22.8 Å². The smallest absolute Gasteiger partial charge is 0.250 e. The van der Waals surface area contributed by atoms with E-state index in [1.807, 2.05) is 19.1 Å². The lowest BCUT2D eigenvalue weighted by molar-refractivity contribution is 0.100. The number of primary amides is 1. The zero-order valence-electron chi connectivity index (χ0n) is 11.0. The molecule has 20 heavy (non-hydrogen) atoms. The van der Waals surface area contributed by atoms with Crippen molar-refractivity contribution in [3.63, 3.8) is 0 Å². The highest BCUT2D eigenvalue weighted by Gasteiger charge is 2.13. The molecule has 0 aliphatic heterocycles. The van der Waals surface area contributed by atoms with Gasteiger partial charge in [0.15, 0.2) is 11.6 Å². The van der Waals surface area contributed by atoms with Crippen molar-refractivity contribution < 1.29 is 13.9 Å². The number of hydrogen-bond donors (Lipinski definition) is 2. The third-order valence-corrected chi connectivity index (χ3v) is 2.93. The average molecular weight is 274 g/mol. The summed E-state index contributed by atoms with van der Waals surface area (Å²) in [5.41, 5.74) is 11.9. The van der Waals surface area contributed by atoms with E-state index < -0.39 is 11.7 Å². The van der Waals surface area contributed by atoms with Crippen molar-refractivity contribution in [2.24, 2.45) is 5.73 Å². The fraction of sp³-hybridized carbons (Fsp3) is 0.133. The minimum atomic E-state index is -0.728. The third-order valence-electron chi connectivity index (χ3n) is 2.93. The van der Waals surface area contributed by atoms with Gasteiger partial charge in [-0.1, -0.05) is 19.1 Å². The van der Waals surface area contributed by atoms with Crippen LogP contribution in [0.5, 0.6) is 11.5 Å². The quantitative estimate of drug-likeness (QED) is 0.841. The number of benzene rings is 2. The summed E-state index contributed by atoms with van der Waals surface area (Å²) in [6.07, 6.45) is 0.905. The number of nitrogens with two attached hydrogens (primary N) is 2. The molecule has 0 spiro atoms. The summed E-state index contributed by atoms with van der Waals surface area (Å²) in [4.78, 5) is 11.2. The van der Waals surface area contributed by atoms with Gasteiger partial charge in [0.05, 0.1) is 5.56 Å². The number of halogens is 1. The largest absolute Gasteiger partial charge is 0.454 e. The van der Waals surface area contributed by atoms with Crippen LogP contribution in [-0.2, 0) is 6.42 Å². The summed E-state index contributed by atoms with van der Waals surface area (Å²) in [7, 11) is 0. The van der Waals surface area contributed by atoms with Crippen LogP contribution in [0.15, 0.2) is 36.4 Å². The average Bonchev–Trinajstić information content (AvgIpc) is 2.42. The molecule has 0 fully saturated rings. The molecule has 0 radical (unpaired) electrons. The summed E-state index contributed by atoms with van der Waals surface area (Å²) < 4.78 is 19.2. The van der Waals surface area contributed by atoms with Crippen LogP contribution in [0, 0.1) is 5.82 Å². The predicted molar refractivity (Wildman–Crippen MR) is 75.2 cm³/mol. The monoisotopic (exact) mass is 274 g/mol. The Bertz CT molecular complexity index is 639. The highest BCUT2D eigenvalue weighted by Crippen LogP contribution is 2.28. The van der Waals surface area contributed by atoms with Crippen molar-refractivity contribution in [1.82, 2.24) is 0 Å². The molecule has 0 saturated heterocycles. The van der Waals surface area contributed by atoms with Gasteiger partial charge in [0, 0.05) is 11.8 Å². The van der Waals surface area contributed by atoms with Gasteiger partial charge in [-0.05, 0) is 30.2 Å². The molecule has 0 aliphatic rings. The molecular formula is C15H15FN2O2. The highest BCUT2D eigenvalue weighted by molar-refractivity contribution is 5.98. The van der Waals surface area contributed by atoms with E-state index in [2.05, 4.69) is 0 Å². The van der Waals surface area contributed by atoms with Gasteiger partial charge in [0.25, 0.3) is 5.91 Å². The number of rotatable bonds is 4. The first-order valence-electron chi connectivity index (χ1n) is 6.17. The molecule has 0 atom stereocenters. The lowest BCUT2D eigenvalue weighted by Crippen LogP contribution is -2.14. The summed E-state index contributed by atoms with van der Waals surface area (Å²) in [6, 6.07) is 9.48. The van der Waals surface area contributed by atoms with E-state index in [1.54, 1.807) is 12.1 Å². The lowest BCUT2D eigenvalue weighted by Gasteiger charge is -2.10. The van der Waals surface area contributed by atoms with E-state index in [4.69, 9.17) is 16.2 Å². The molecule has 104 valence electrons. The SMILES string of the molecule is CCc1ccc(Oc2cc(C(N)=O)c(N)cc2F)cc1. The number of carbonyl (C=O) groups excluding carboxylic acids is 1. The maximum Gasteiger partial charge on any atom is 0.250 e. The molecule has 1 amide bonds. The van der Waals surface area contributed by atoms with Gasteiger partial charge >= 0.3 is 0 Å². The Kier molecular flexibility index (Phi) is 3.89. The van der Waals surface area contributed by atoms with E-state index in [-0.39, 0.29) is 17.0 Å². The van der Waals surface area contributed by atoms with Crippen LogP contribution >= 0.6 is 0 Å². The maximum absolute atomic E-state index is 13.8. The van der Waals surface area contributed by atoms with Crippen molar-refractivity contribution in [3.8, 4) is 11.5 Å². The Labute approximate surface area is 116 Å². The zero-order chi connectivity index (χ0) is 14.7. The van der Waals surface area contributed by atoms with Crippen LogP contribution in [-0.4, -0.2) is 5.91 Å². The molecule has 2 aromatic rings. The van der Waals surface area contributed by atoms with Gasteiger partial charge in [0.1, 0.15) is 5.75 Å². The molecule has 0 unspecified atom stereocenters. The second-order valence-corrected chi connectivity index (χ2v) is 4.33. The van der Waals surface area contributed by atoms with Crippen molar-refractivity contribution in [1.29, 1.82) is 0 Å². The number of nitrogen functional groups attached to an aromatic ring is 1. The van der Waals surface area contributed by atoms with E-state index in [9.17, 15) is 9.18 Å². The highest BCUT2D eigenvalue weighted by atomic mass is 19.1. The Morgan fingerprint density at radius 3 is 2.45 bits per heavy atom. The molecule has 4 nitrogen and oxygen atoms in total. The molecular weight excluding hydrogens is 259 g/mol. The Balaban J connectivity index is 2.32. The summed E-state index contributed by atoms with van der Waals surface area (Å²) in [5, 5.41) is 0. The van der Waals surface area contributed by atoms with Gasteiger partial charge in [-0.25, -0.2) is 4.39 Å². The minimum absolute atomic E-state index is 0.0105. The topological polar surface area (TPSA) is 78.3 Å². The first-order valence-corrected chi connectivity index (χ1v) is 6.17. The van der Waals surface area contributed by atoms with Crippen LogP contribution in [0.2, 0.25) is 0 Å². The van der Waals surface area contributed by atoms with Gasteiger partial charge < -0.3 is 16.2 Å². The first-order chi connectivity index (χ1) is 9.51. The van der Waals surface area contributed by atoms with Gasteiger partial charge in [-0.15, -0.1) is 0 Å². The molecule has 4 N–H and O–H groups in total. The van der Waals surface area contributed by atoms with E-state index in [0.29, 0.717) is 5.75 Å². The summed E-state index contributed by atoms with van der Waals surface area (Å²) >= 11 is 0. The number of carbonyl (C=O) groups is 1. The van der Waals surface area contributed by atoms with Crippen LogP contribution < -0.4 is 16.2 Å². The zero-order valence-corrected chi connectivity index (χ0v) is 11.0. The van der Waals surface area contributed by atoms with Gasteiger partial charge in [-0.2, -0.15) is 0 Å². The van der Waals surface area contributed by atoms with Gasteiger partial charge in [0.2, 0.25) is 0 Å². The third kappa shape index (κ3) is 2.88. The van der Waals surface area contributed by atoms with Gasteiger partial charge in [-0.3, -0.25) is 4.79 Å². The van der Waals surface area contributed by atoms with Crippen LogP contribution in [0.25, 0.3) is 0 Å². The number of anilines is 1. The van der Waals surface area contributed by atoms with E-state index >= 15 is 0 Å². The lowest BCUT2D eigenvalue weighted by atomic mass is 10.1. The molecule has 2 aromatic carbocycles. The normalized spacial score (nSPS) is 10.3. The van der Waals surface area contributed by atoms with Crippen molar-refractivity contribution in [2.75, 3.05) is 5.73 Å². The van der Waals surface area contributed by atoms with Crippen LogP contribution in [0.3, 0.4) is 0 Å². The first kappa shape index (κ1) is 13.9. The van der Waals surface area contributed by atoms with E-state index in [1.165, 1.54) is 6.07 Å². The molecule has 0 saturated carbocycles. The number of ether oxygens (including phenoxy) is 1. The molecule has 0 bridgehead atoms. The Hall–Kier alpha value is -2.56. The fourth-order valence-corrected chi connectivity index (χ4v) is 1.78. The van der Waals surface area contributed by atoms with E-state index in [0.717, 1.165) is 18.1 Å². The standard InChI is InChI=1S/C15H15FN2O2/c1-2-9-3-5-10(6-4-9)20-14-7-11(15(18)19)13(17)8-12(14)16/h3-8H,2,17H2,1H3,(H2,18,19). The molecule has 0 aromatic heterocycles. The number of hydrogen-bond acceptors (Lipinski definition) is 3. The minimum Gasteiger partial charge on any atom is -0.454 e. The fourth-order valence-electron chi connectivity index (χ4n) is 1.78. The Morgan fingerprint density at radius 2 is 1.90 bits per heavy atom. The molecule has 0 aliphatic carbocycles. The van der Waals surface area contributed by atoms with Crippen molar-refractivity contribution in [3.05, 3.63) is 53.3 Å². The maximum atomic E-state index is 13.8. The Morgan fingerprint density at radius 1 is 1.25 bits per heavy atom. The molecule has 0 heterocycles. The van der Waals surface area contributed by atoms with Crippen LogP contribution in [0.4, 0.5) is 10.1 Å². The van der Waals surface area contributed by atoms with Crippen molar-refractivity contribution >= 4 is 11.6 Å². The molecule has 2 rings (SSSR count). The number of amides is 1. The second-order valence-electron chi connectivity index (χ2n) is 4.33. The summed E-state index contributed by atoms with van der Waals surface area (Å²) in [6.45, 7) is 2.04. The number of aryl methyl sites for hydroxylation is 1. The predicted octanol–water partition coefficient (Wildman–Crippen LogP) is 2.86. The second kappa shape index (κ2) is 5.61.